The van der Waals surface area contributed by atoms with Crippen molar-refractivity contribution in [2.75, 3.05) is 13.1 Å². The van der Waals surface area contributed by atoms with Gasteiger partial charge in [0.05, 0.1) is 25.0 Å². The lowest BCUT2D eigenvalue weighted by Crippen LogP contribution is -2.27. The van der Waals surface area contributed by atoms with E-state index >= 15 is 0 Å². The van der Waals surface area contributed by atoms with E-state index in [1.54, 1.807) is 13.8 Å². The van der Waals surface area contributed by atoms with E-state index in [0.29, 0.717) is 13.1 Å². The standard InChI is InChI=1S/C12H24N2O6/c1-9(7-11(15)16)19-13-5-3-4-6-14-20-10(2)8-12(17)18/h9-10,13-14H,3-8H2,1-2H3,(H,15,16)(H,17,18). The zero-order valence-corrected chi connectivity index (χ0v) is 11.9. The fourth-order valence-electron chi connectivity index (χ4n) is 1.37. The van der Waals surface area contributed by atoms with Gasteiger partial charge in [-0.1, -0.05) is 0 Å². The number of hydroxylamine groups is 2. The number of carboxylic acid groups (broad SMARTS) is 2. The molecule has 8 nitrogen and oxygen atoms in total. The van der Waals surface area contributed by atoms with Crippen molar-refractivity contribution in [1.82, 2.24) is 11.0 Å². The average Bonchev–Trinajstić information content (AvgIpc) is 2.30. The van der Waals surface area contributed by atoms with Gasteiger partial charge in [0.25, 0.3) is 0 Å². The Morgan fingerprint density at radius 3 is 1.55 bits per heavy atom. The van der Waals surface area contributed by atoms with E-state index < -0.39 is 11.9 Å². The van der Waals surface area contributed by atoms with Crippen molar-refractivity contribution < 1.29 is 29.5 Å². The van der Waals surface area contributed by atoms with Gasteiger partial charge in [-0.2, -0.15) is 0 Å². The summed E-state index contributed by atoms with van der Waals surface area (Å²) in [4.78, 5) is 30.9. The number of rotatable bonds is 13. The van der Waals surface area contributed by atoms with Crippen molar-refractivity contribution in [3.63, 3.8) is 0 Å². The molecule has 0 heterocycles. The molecule has 0 radical (unpaired) electrons. The van der Waals surface area contributed by atoms with E-state index in [9.17, 15) is 9.59 Å². The molecule has 20 heavy (non-hydrogen) atoms. The predicted octanol–water partition coefficient (Wildman–Crippen LogP) is 0.535. The summed E-state index contributed by atoms with van der Waals surface area (Å²) in [6, 6.07) is 0. The van der Waals surface area contributed by atoms with Crippen LogP contribution >= 0.6 is 0 Å². The minimum Gasteiger partial charge on any atom is -0.481 e. The van der Waals surface area contributed by atoms with Crippen LogP contribution in [0.15, 0.2) is 0 Å². The lowest BCUT2D eigenvalue weighted by Gasteiger charge is -2.12. The molecule has 0 aliphatic rings. The molecule has 0 aromatic heterocycles. The molecule has 0 bridgehead atoms. The summed E-state index contributed by atoms with van der Waals surface area (Å²) in [5.74, 6) is -1.78. The number of nitrogens with one attached hydrogen (secondary N) is 2. The Balaban J connectivity index is 3.28. The highest BCUT2D eigenvalue weighted by atomic mass is 16.7. The van der Waals surface area contributed by atoms with Crippen LogP contribution in [0.1, 0.15) is 39.5 Å². The molecule has 0 saturated heterocycles. The molecule has 0 aromatic carbocycles. The van der Waals surface area contributed by atoms with E-state index in [1.807, 2.05) is 0 Å². The Labute approximate surface area is 118 Å². The van der Waals surface area contributed by atoms with Gasteiger partial charge in [0.15, 0.2) is 0 Å². The van der Waals surface area contributed by atoms with Crippen LogP contribution in [0.2, 0.25) is 0 Å². The third kappa shape index (κ3) is 13.2. The third-order valence-electron chi connectivity index (χ3n) is 2.30. The molecule has 0 rings (SSSR count). The second-order valence-electron chi connectivity index (χ2n) is 4.55. The first kappa shape index (κ1) is 18.8. The molecule has 0 spiro atoms. The molecule has 0 aromatic rings. The fraction of sp³-hybridized carbons (Fsp3) is 0.833. The molecule has 4 N–H and O–H groups in total. The minimum absolute atomic E-state index is 0.0378. The van der Waals surface area contributed by atoms with E-state index in [4.69, 9.17) is 19.9 Å². The van der Waals surface area contributed by atoms with Crippen LogP contribution in [0.5, 0.6) is 0 Å². The van der Waals surface area contributed by atoms with Gasteiger partial charge in [-0.25, -0.2) is 11.0 Å². The summed E-state index contributed by atoms with van der Waals surface area (Å²) in [5.41, 5.74) is 5.41. The molecule has 118 valence electrons. The van der Waals surface area contributed by atoms with Crippen LogP contribution in [0.4, 0.5) is 0 Å². The molecule has 0 aliphatic heterocycles. The topological polar surface area (TPSA) is 117 Å². The number of carbonyl (C=O) groups is 2. The van der Waals surface area contributed by atoms with Crippen LogP contribution in [-0.2, 0) is 19.3 Å². The van der Waals surface area contributed by atoms with Gasteiger partial charge in [-0.3, -0.25) is 19.3 Å². The summed E-state index contributed by atoms with van der Waals surface area (Å²) in [7, 11) is 0. The van der Waals surface area contributed by atoms with Gasteiger partial charge in [-0.05, 0) is 26.7 Å². The Morgan fingerprint density at radius 2 is 1.25 bits per heavy atom. The van der Waals surface area contributed by atoms with Crippen molar-refractivity contribution in [2.24, 2.45) is 0 Å². The Kier molecular flexibility index (Phi) is 10.9. The highest BCUT2D eigenvalue weighted by Gasteiger charge is 2.08. The zero-order valence-electron chi connectivity index (χ0n) is 11.9. The largest absolute Gasteiger partial charge is 0.481 e. The van der Waals surface area contributed by atoms with Crippen molar-refractivity contribution in [1.29, 1.82) is 0 Å². The first-order valence-corrected chi connectivity index (χ1v) is 6.62. The van der Waals surface area contributed by atoms with E-state index in [2.05, 4.69) is 11.0 Å². The van der Waals surface area contributed by atoms with Gasteiger partial charge in [0.1, 0.15) is 0 Å². The highest BCUT2D eigenvalue weighted by molar-refractivity contribution is 5.67. The molecular formula is C12H24N2O6. The SMILES string of the molecule is CC(CC(=O)O)ONCCCCNOC(C)CC(=O)O. The second kappa shape index (κ2) is 11.6. The lowest BCUT2D eigenvalue weighted by atomic mass is 10.3. The van der Waals surface area contributed by atoms with Crippen LogP contribution < -0.4 is 11.0 Å². The maximum absolute atomic E-state index is 10.4. The van der Waals surface area contributed by atoms with E-state index in [-0.39, 0.29) is 25.0 Å². The molecule has 0 saturated carbocycles. The van der Waals surface area contributed by atoms with Crippen LogP contribution in [0, 0.1) is 0 Å². The molecular weight excluding hydrogens is 268 g/mol. The molecule has 0 aliphatic carbocycles. The third-order valence-corrected chi connectivity index (χ3v) is 2.30. The van der Waals surface area contributed by atoms with E-state index in [1.165, 1.54) is 0 Å². The number of hydrogen-bond acceptors (Lipinski definition) is 6. The maximum atomic E-state index is 10.4. The fourth-order valence-corrected chi connectivity index (χ4v) is 1.37. The average molecular weight is 292 g/mol. The normalized spacial score (nSPS) is 13.9. The van der Waals surface area contributed by atoms with Crippen LogP contribution in [0.25, 0.3) is 0 Å². The first-order valence-electron chi connectivity index (χ1n) is 6.62. The zero-order chi connectivity index (χ0) is 15.4. The summed E-state index contributed by atoms with van der Waals surface area (Å²) in [6.45, 7) is 4.58. The number of carboxylic acids is 2. The van der Waals surface area contributed by atoms with Gasteiger partial charge >= 0.3 is 11.9 Å². The number of aliphatic carboxylic acids is 2. The summed E-state index contributed by atoms with van der Waals surface area (Å²) in [5, 5.41) is 17.0. The molecule has 8 heteroatoms. The van der Waals surface area contributed by atoms with Crippen molar-refractivity contribution in [3.05, 3.63) is 0 Å². The predicted molar refractivity (Wildman–Crippen MR) is 70.8 cm³/mol. The second-order valence-corrected chi connectivity index (χ2v) is 4.55. The monoisotopic (exact) mass is 292 g/mol. The maximum Gasteiger partial charge on any atom is 0.306 e. The van der Waals surface area contributed by atoms with Gasteiger partial charge in [-0.15, -0.1) is 0 Å². The van der Waals surface area contributed by atoms with E-state index in [0.717, 1.165) is 12.8 Å². The minimum atomic E-state index is -0.892. The van der Waals surface area contributed by atoms with Crippen molar-refractivity contribution in [3.8, 4) is 0 Å². The number of hydrogen-bond donors (Lipinski definition) is 4. The quantitative estimate of drug-likeness (QED) is 0.287. The number of unbranched alkanes of at least 4 members (excludes halogenated alkanes) is 1. The van der Waals surface area contributed by atoms with Crippen molar-refractivity contribution >= 4 is 11.9 Å². The summed E-state index contributed by atoms with van der Waals surface area (Å²) < 4.78 is 0. The summed E-state index contributed by atoms with van der Waals surface area (Å²) in [6.07, 6.45) is 0.831. The Hall–Kier alpha value is -1.22. The molecule has 2 atom stereocenters. The Morgan fingerprint density at radius 1 is 0.900 bits per heavy atom. The van der Waals surface area contributed by atoms with Gasteiger partial charge < -0.3 is 10.2 Å². The molecule has 0 amide bonds. The summed E-state index contributed by atoms with van der Waals surface area (Å²) >= 11 is 0. The molecule has 0 fully saturated rings. The lowest BCUT2D eigenvalue weighted by molar-refractivity contribution is -0.142. The first-order chi connectivity index (χ1) is 9.41. The highest BCUT2D eigenvalue weighted by Crippen LogP contribution is 1.96. The van der Waals surface area contributed by atoms with Gasteiger partial charge in [0.2, 0.25) is 0 Å². The Bertz CT molecular complexity index is 259. The van der Waals surface area contributed by atoms with Gasteiger partial charge in [0, 0.05) is 13.1 Å². The smallest absolute Gasteiger partial charge is 0.306 e. The molecule has 2 unspecified atom stereocenters. The van der Waals surface area contributed by atoms with Crippen LogP contribution in [0.3, 0.4) is 0 Å². The van der Waals surface area contributed by atoms with Crippen LogP contribution in [-0.4, -0.2) is 47.4 Å². The van der Waals surface area contributed by atoms with Crippen molar-refractivity contribution in [2.45, 2.75) is 51.7 Å².